The van der Waals surface area contributed by atoms with Crippen LogP contribution < -0.4 is 0 Å². The molecule has 0 bridgehead atoms. The fraction of sp³-hybridized carbons (Fsp3) is 0.793. The molecule has 1 N–H and O–H groups in total. The summed E-state index contributed by atoms with van der Waals surface area (Å²) in [7, 11) is 0. The van der Waals surface area contributed by atoms with Gasteiger partial charge < -0.3 is 5.11 Å². The molecular weight excluding hydrogens is 364 g/mol. The number of allylic oxidation sites excluding steroid dienone is 6. The minimum atomic E-state index is -0.136. The Balaban J connectivity index is 1.60. The Morgan fingerprint density at radius 2 is 1.83 bits per heavy atom. The second-order valence-corrected chi connectivity index (χ2v) is 12.6. The molecule has 6 atom stereocenters. The smallest absolute Gasteiger partial charge is 0.0594 e. The van der Waals surface area contributed by atoms with E-state index in [4.69, 9.17) is 0 Å². The predicted octanol–water partition coefficient (Wildman–Crippen LogP) is 8.01. The van der Waals surface area contributed by atoms with Gasteiger partial charge in [-0.05, 0) is 117 Å². The second kappa shape index (κ2) is 7.65. The summed E-state index contributed by atoms with van der Waals surface area (Å²) < 4.78 is 0. The minimum absolute atomic E-state index is 0.0400. The lowest BCUT2D eigenvalue weighted by Gasteiger charge is -2.59. The quantitative estimate of drug-likeness (QED) is 0.465. The second-order valence-electron chi connectivity index (χ2n) is 12.6. The molecule has 0 heterocycles. The molecule has 0 aromatic rings. The fourth-order valence-electron chi connectivity index (χ4n) is 8.41. The Morgan fingerprint density at radius 1 is 1.10 bits per heavy atom. The highest BCUT2D eigenvalue weighted by Gasteiger charge is 2.57. The third-order valence-corrected chi connectivity index (χ3v) is 10.3. The lowest BCUT2D eigenvalue weighted by atomic mass is 9.46. The largest absolute Gasteiger partial charge is 0.393 e. The molecular formula is C29H46O. The van der Waals surface area contributed by atoms with Crippen molar-refractivity contribution in [3.05, 3.63) is 34.4 Å². The molecule has 1 nitrogen and oxygen atoms in total. The Kier molecular flexibility index (Phi) is 5.70. The summed E-state index contributed by atoms with van der Waals surface area (Å²) in [5, 5.41) is 10.7. The first kappa shape index (κ1) is 22.4. The molecule has 0 aromatic carbocycles. The molecule has 0 aliphatic heterocycles. The van der Waals surface area contributed by atoms with Crippen molar-refractivity contribution in [2.45, 2.75) is 112 Å². The van der Waals surface area contributed by atoms with Gasteiger partial charge in [0.25, 0.3) is 0 Å². The third-order valence-electron chi connectivity index (χ3n) is 10.3. The van der Waals surface area contributed by atoms with Crippen molar-refractivity contribution in [1.29, 1.82) is 0 Å². The SMILES string of the molecule is CC(C)=CCCC(C)[C@H]1CC=C2C3=C(CC[C@@]21C)[C@@]1(C)CC[C@H](O)C(C)(C)[C@@H]1CC3. The van der Waals surface area contributed by atoms with Crippen LogP contribution in [0.15, 0.2) is 34.4 Å². The molecule has 1 fully saturated rings. The number of rotatable bonds is 4. The number of fused-ring (bicyclic) bond motifs is 4. The summed E-state index contributed by atoms with van der Waals surface area (Å²) in [4.78, 5) is 0. The normalized spacial score (nSPS) is 40.8. The molecule has 0 amide bonds. The maximum atomic E-state index is 10.7. The van der Waals surface area contributed by atoms with Crippen LogP contribution in [0.5, 0.6) is 0 Å². The van der Waals surface area contributed by atoms with Crippen LogP contribution in [0.3, 0.4) is 0 Å². The summed E-state index contributed by atoms with van der Waals surface area (Å²) in [6, 6.07) is 0. The van der Waals surface area contributed by atoms with Crippen LogP contribution in [0.1, 0.15) is 106 Å². The first-order valence-corrected chi connectivity index (χ1v) is 12.8. The van der Waals surface area contributed by atoms with Gasteiger partial charge in [-0.25, -0.2) is 0 Å². The van der Waals surface area contributed by atoms with Gasteiger partial charge in [-0.2, -0.15) is 0 Å². The van der Waals surface area contributed by atoms with E-state index in [2.05, 4.69) is 60.6 Å². The van der Waals surface area contributed by atoms with E-state index in [1.807, 2.05) is 0 Å². The zero-order valence-electron chi connectivity index (χ0n) is 20.8. The lowest BCUT2D eigenvalue weighted by molar-refractivity contribution is -0.0905. The van der Waals surface area contributed by atoms with E-state index in [1.54, 1.807) is 16.7 Å². The summed E-state index contributed by atoms with van der Waals surface area (Å²) >= 11 is 0. The van der Waals surface area contributed by atoms with Crippen LogP contribution >= 0.6 is 0 Å². The third kappa shape index (κ3) is 3.30. The molecule has 0 radical (unpaired) electrons. The molecule has 4 aliphatic carbocycles. The van der Waals surface area contributed by atoms with Gasteiger partial charge in [0.1, 0.15) is 0 Å². The molecule has 168 valence electrons. The minimum Gasteiger partial charge on any atom is -0.393 e. The fourth-order valence-corrected chi connectivity index (χ4v) is 8.41. The van der Waals surface area contributed by atoms with Crippen LogP contribution in [0.25, 0.3) is 0 Å². The number of aliphatic hydroxyl groups excluding tert-OH is 1. The number of hydrogen-bond donors (Lipinski definition) is 1. The molecule has 0 spiro atoms. The Labute approximate surface area is 186 Å². The molecule has 0 saturated heterocycles. The lowest BCUT2D eigenvalue weighted by Crippen LogP contribution is -2.53. The maximum absolute atomic E-state index is 10.7. The first-order chi connectivity index (χ1) is 14.0. The van der Waals surface area contributed by atoms with E-state index in [1.165, 1.54) is 56.9 Å². The van der Waals surface area contributed by atoms with Crippen LogP contribution in [0.2, 0.25) is 0 Å². The van der Waals surface area contributed by atoms with E-state index >= 15 is 0 Å². The van der Waals surface area contributed by atoms with Gasteiger partial charge in [-0.15, -0.1) is 0 Å². The van der Waals surface area contributed by atoms with Gasteiger partial charge in [0.15, 0.2) is 0 Å². The zero-order valence-corrected chi connectivity index (χ0v) is 20.8. The first-order valence-electron chi connectivity index (χ1n) is 12.8. The highest BCUT2D eigenvalue weighted by molar-refractivity contribution is 5.49. The highest BCUT2D eigenvalue weighted by Crippen LogP contribution is 2.66. The van der Waals surface area contributed by atoms with Gasteiger partial charge in [-0.1, -0.05) is 57.9 Å². The van der Waals surface area contributed by atoms with Gasteiger partial charge in [-0.3, -0.25) is 0 Å². The standard InChI is InChI=1S/C29H46O/c1-19(2)9-8-10-20(3)22-12-13-23-21-11-14-25-27(4,5)26(30)16-18-29(25,7)24(21)15-17-28(22,23)6/h9,13,20,22,25-26,30H,8,10-12,14-18H2,1-7H3/t20?,22-,25+,26+,28-,29-/m1/s1. The molecule has 4 rings (SSSR count). The Morgan fingerprint density at radius 3 is 2.53 bits per heavy atom. The van der Waals surface area contributed by atoms with Crippen LogP contribution in [-0.4, -0.2) is 11.2 Å². The average Bonchev–Trinajstić information content (AvgIpc) is 3.02. The van der Waals surface area contributed by atoms with Crippen LogP contribution in [0.4, 0.5) is 0 Å². The summed E-state index contributed by atoms with van der Waals surface area (Å²) in [5.41, 5.74) is 7.47. The number of hydrogen-bond acceptors (Lipinski definition) is 1. The van der Waals surface area contributed by atoms with E-state index in [9.17, 15) is 5.11 Å². The monoisotopic (exact) mass is 410 g/mol. The molecule has 1 saturated carbocycles. The van der Waals surface area contributed by atoms with Gasteiger partial charge >= 0.3 is 0 Å². The van der Waals surface area contributed by atoms with Crippen molar-refractivity contribution in [3.8, 4) is 0 Å². The van der Waals surface area contributed by atoms with E-state index < -0.39 is 0 Å². The van der Waals surface area contributed by atoms with E-state index in [-0.39, 0.29) is 11.5 Å². The number of aliphatic hydroxyl groups is 1. The maximum Gasteiger partial charge on any atom is 0.0594 e. The van der Waals surface area contributed by atoms with Crippen LogP contribution in [0, 0.1) is 34.0 Å². The van der Waals surface area contributed by atoms with Crippen molar-refractivity contribution in [2.24, 2.45) is 34.0 Å². The molecule has 30 heavy (non-hydrogen) atoms. The molecule has 1 heteroatoms. The van der Waals surface area contributed by atoms with E-state index in [0.29, 0.717) is 16.7 Å². The average molecular weight is 411 g/mol. The van der Waals surface area contributed by atoms with Gasteiger partial charge in [0.05, 0.1) is 6.10 Å². The molecule has 0 aromatic heterocycles. The Hall–Kier alpha value is -0.820. The summed E-state index contributed by atoms with van der Waals surface area (Å²) in [5.74, 6) is 2.22. The van der Waals surface area contributed by atoms with Gasteiger partial charge in [0, 0.05) is 0 Å². The predicted molar refractivity (Wildman–Crippen MR) is 128 cm³/mol. The van der Waals surface area contributed by atoms with Crippen molar-refractivity contribution < 1.29 is 5.11 Å². The summed E-state index contributed by atoms with van der Waals surface area (Å²) in [6.07, 6.45) is 16.0. The van der Waals surface area contributed by atoms with Crippen LogP contribution in [-0.2, 0) is 0 Å². The highest BCUT2D eigenvalue weighted by atomic mass is 16.3. The van der Waals surface area contributed by atoms with E-state index in [0.717, 1.165) is 18.3 Å². The summed E-state index contributed by atoms with van der Waals surface area (Å²) in [6.45, 7) is 16.8. The van der Waals surface area contributed by atoms with Crippen molar-refractivity contribution in [3.63, 3.8) is 0 Å². The van der Waals surface area contributed by atoms with Gasteiger partial charge in [0.2, 0.25) is 0 Å². The zero-order chi connectivity index (χ0) is 21.9. The topological polar surface area (TPSA) is 20.2 Å². The molecule has 1 unspecified atom stereocenters. The van der Waals surface area contributed by atoms with Crippen molar-refractivity contribution in [1.82, 2.24) is 0 Å². The van der Waals surface area contributed by atoms with Crippen molar-refractivity contribution >= 4 is 0 Å². The Bertz CT molecular complexity index is 776. The molecule has 4 aliphatic rings. The van der Waals surface area contributed by atoms with Crippen molar-refractivity contribution in [2.75, 3.05) is 0 Å².